The van der Waals surface area contributed by atoms with Crippen LogP contribution in [-0.4, -0.2) is 7.11 Å². The molecule has 0 aliphatic heterocycles. The van der Waals surface area contributed by atoms with Gasteiger partial charge in [-0.25, -0.2) is 0 Å². The van der Waals surface area contributed by atoms with E-state index in [-0.39, 0.29) is 0 Å². The van der Waals surface area contributed by atoms with Gasteiger partial charge in [0.05, 0.1) is 7.11 Å². The molecule has 0 fully saturated rings. The molecule has 6 aromatic carbocycles. The van der Waals surface area contributed by atoms with E-state index in [1.165, 1.54) is 0 Å². The summed E-state index contributed by atoms with van der Waals surface area (Å²) in [5.74, 6) is 4.87. The molecule has 0 heterocycles. The molecule has 0 saturated carbocycles. The second-order valence-electron chi connectivity index (χ2n) is 17.5. The lowest BCUT2D eigenvalue weighted by atomic mass is 9.89. The minimum Gasteiger partial charge on any atom is -0.496 e. The minimum absolute atomic E-state index is 0.601. The number of methoxy groups -OCH3 is 1. The molecule has 0 spiro atoms. The number of aryl methyl sites for hydroxylation is 15. The largest absolute Gasteiger partial charge is 0.530 e. The Balaban J connectivity index is 1.58. The summed E-state index contributed by atoms with van der Waals surface area (Å²) in [5.41, 5.74) is 19.0. The first-order valence-corrected chi connectivity index (χ1v) is 23.6. The van der Waals surface area contributed by atoms with E-state index < -0.39 is 17.2 Å². The van der Waals surface area contributed by atoms with Gasteiger partial charge in [-0.3, -0.25) is 0 Å². The Hall–Kier alpha value is -5.22. The van der Waals surface area contributed by atoms with Gasteiger partial charge in [-0.2, -0.15) is 0 Å². The standard InChI is InChI=1S/C54H64O7P2/c1-29-19-34(6)49(35(7)20-29)56-62(57-50-36(8)21-30(2)22-37(50)9)60-53-42(14)27-33(5)44(16)47(53)48-45(17)46(55-18)28-43(15)54(48)61-63(58-51-38(10)23-31(3)24-39(51)11)59-52-40(12)25-32(4)26-41(52)13/h19-28H,1-18H3. The van der Waals surface area contributed by atoms with E-state index in [2.05, 4.69) is 165 Å². The molecule has 0 atom stereocenters. The Morgan fingerprint density at radius 3 is 0.794 bits per heavy atom. The van der Waals surface area contributed by atoms with Gasteiger partial charge in [-0.1, -0.05) is 76.9 Å². The Morgan fingerprint density at radius 1 is 0.270 bits per heavy atom. The highest BCUT2D eigenvalue weighted by atomic mass is 31.2. The van der Waals surface area contributed by atoms with Crippen molar-refractivity contribution in [2.75, 3.05) is 7.11 Å². The fourth-order valence-corrected chi connectivity index (χ4v) is 11.5. The summed E-state index contributed by atoms with van der Waals surface area (Å²) in [6.45, 7) is 35.2. The summed E-state index contributed by atoms with van der Waals surface area (Å²) < 4.78 is 48.2. The van der Waals surface area contributed by atoms with Crippen LogP contribution in [0.1, 0.15) is 94.6 Å². The van der Waals surface area contributed by atoms with Crippen LogP contribution >= 0.6 is 17.2 Å². The molecule has 7 nitrogen and oxygen atoms in total. The highest BCUT2D eigenvalue weighted by Crippen LogP contribution is 2.56. The summed E-state index contributed by atoms with van der Waals surface area (Å²) in [7, 11) is -2.47. The van der Waals surface area contributed by atoms with Crippen LogP contribution in [0.4, 0.5) is 0 Å². The first-order chi connectivity index (χ1) is 29.7. The highest BCUT2D eigenvalue weighted by molar-refractivity contribution is 7.43. The third-order valence-corrected chi connectivity index (χ3v) is 13.5. The van der Waals surface area contributed by atoms with E-state index in [0.717, 1.165) is 129 Å². The number of ether oxygens (including phenoxy) is 1. The molecule has 6 rings (SSSR count). The predicted octanol–water partition coefficient (Wildman–Crippen LogP) is 16.1. The molecule has 0 N–H and O–H groups in total. The summed E-state index contributed by atoms with van der Waals surface area (Å²) >= 11 is 0. The quantitative estimate of drug-likeness (QED) is 0.101. The van der Waals surface area contributed by atoms with Crippen molar-refractivity contribution in [3.05, 3.63) is 155 Å². The van der Waals surface area contributed by atoms with E-state index in [1.54, 1.807) is 7.11 Å². The molecular formula is C54H64O7P2. The van der Waals surface area contributed by atoms with Crippen molar-refractivity contribution >= 4 is 17.2 Å². The van der Waals surface area contributed by atoms with Crippen LogP contribution in [0.2, 0.25) is 0 Å². The molecule has 332 valence electrons. The van der Waals surface area contributed by atoms with Crippen LogP contribution in [0.3, 0.4) is 0 Å². The van der Waals surface area contributed by atoms with E-state index in [0.29, 0.717) is 17.2 Å². The van der Waals surface area contributed by atoms with E-state index >= 15 is 0 Å². The lowest BCUT2D eigenvalue weighted by Gasteiger charge is -2.28. The zero-order valence-electron chi connectivity index (χ0n) is 40.5. The van der Waals surface area contributed by atoms with Gasteiger partial charge >= 0.3 is 17.2 Å². The van der Waals surface area contributed by atoms with Crippen molar-refractivity contribution < 1.29 is 31.9 Å². The number of rotatable bonds is 14. The van der Waals surface area contributed by atoms with Gasteiger partial charge < -0.3 is 31.9 Å². The summed E-state index contributed by atoms with van der Waals surface area (Å²) in [6.07, 6.45) is 0. The fraction of sp³-hybridized carbons (Fsp3) is 0.333. The molecule has 0 bridgehead atoms. The lowest BCUT2D eigenvalue weighted by molar-refractivity contribution is 0.379. The molecule has 0 aromatic heterocycles. The first kappa shape index (κ1) is 47.3. The van der Waals surface area contributed by atoms with Crippen LogP contribution in [0.15, 0.2) is 60.7 Å². The van der Waals surface area contributed by atoms with Crippen LogP contribution in [0, 0.1) is 118 Å². The topological polar surface area (TPSA) is 64.6 Å². The second kappa shape index (κ2) is 19.3. The van der Waals surface area contributed by atoms with Gasteiger partial charge in [0, 0.05) is 16.7 Å². The average Bonchev–Trinajstić information content (AvgIpc) is 3.17. The van der Waals surface area contributed by atoms with Crippen LogP contribution in [0.25, 0.3) is 11.1 Å². The maximum atomic E-state index is 7.23. The second-order valence-corrected chi connectivity index (χ2v) is 19.5. The van der Waals surface area contributed by atoms with Crippen molar-refractivity contribution in [3.63, 3.8) is 0 Å². The molecule has 63 heavy (non-hydrogen) atoms. The van der Waals surface area contributed by atoms with Crippen molar-refractivity contribution in [2.24, 2.45) is 0 Å². The predicted molar refractivity (Wildman–Crippen MR) is 262 cm³/mol. The average molecular weight is 887 g/mol. The summed E-state index contributed by atoms with van der Waals surface area (Å²) in [4.78, 5) is 0. The summed E-state index contributed by atoms with van der Waals surface area (Å²) in [5, 5.41) is 0. The smallest absolute Gasteiger partial charge is 0.496 e. The maximum absolute atomic E-state index is 7.23. The highest BCUT2D eigenvalue weighted by Gasteiger charge is 2.33. The Morgan fingerprint density at radius 2 is 0.508 bits per heavy atom. The van der Waals surface area contributed by atoms with Crippen LogP contribution in [0.5, 0.6) is 40.2 Å². The van der Waals surface area contributed by atoms with E-state index in [4.69, 9.17) is 31.9 Å². The number of hydrogen-bond donors (Lipinski definition) is 0. The normalized spacial score (nSPS) is 11.3. The SMILES string of the molecule is COc1cc(C)c(OP(Oc2c(C)cc(C)cc2C)Oc2c(C)cc(C)cc2C)c(-c2c(C)c(C)cc(C)c2OP(Oc2c(C)cc(C)cc2C)Oc2c(C)cc(C)cc2C)c1C. The van der Waals surface area contributed by atoms with Gasteiger partial charge in [-0.15, -0.1) is 0 Å². The molecular weight excluding hydrogens is 823 g/mol. The third kappa shape index (κ3) is 10.3. The van der Waals surface area contributed by atoms with Crippen molar-refractivity contribution in [2.45, 2.75) is 118 Å². The third-order valence-electron chi connectivity index (χ3n) is 11.5. The van der Waals surface area contributed by atoms with Gasteiger partial charge in [0.15, 0.2) is 0 Å². The van der Waals surface area contributed by atoms with Crippen LogP contribution < -0.4 is 31.9 Å². The zero-order chi connectivity index (χ0) is 46.2. The van der Waals surface area contributed by atoms with Crippen molar-refractivity contribution in [1.82, 2.24) is 0 Å². The molecule has 0 unspecified atom stereocenters. The molecule has 9 heteroatoms. The monoisotopic (exact) mass is 886 g/mol. The van der Waals surface area contributed by atoms with Gasteiger partial charge in [0.2, 0.25) is 0 Å². The molecule has 0 saturated heterocycles. The molecule has 0 amide bonds. The number of benzene rings is 6. The van der Waals surface area contributed by atoms with Crippen LogP contribution in [-0.2, 0) is 0 Å². The van der Waals surface area contributed by atoms with E-state index in [1.807, 2.05) is 13.0 Å². The lowest BCUT2D eigenvalue weighted by Crippen LogP contribution is -2.10. The first-order valence-electron chi connectivity index (χ1n) is 21.5. The van der Waals surface area contributed by atoms with Gasteiger partial charge in [0.1, 0.15) is 40.2 Å². The molecule has 0 aliphatic rings. The zero-order valence-corrected chi connectivity index (χ0v) is 42.3. The van der Waals surface area contributed by atoms with E-state index in [9.17, 15) is 0 Å². The van der Waals surface area contributed by atoms with Gasteiger partial charge in [-0.05, 0) is 191 Å². The van der Waals surface area contributed by atoms with Gasteiger partial charge in [0.25, 0.3) is 0 Å². The summed E-state index contributed by atoms with van der Waals surface area (Å²) in [6, 6.07) is 21.1. The Bertz CT molecular complexity index is 2510. The van der Waals surface area contributed by atoms with Crippen molar-refractivity contribution in [3.8, 4) is 51.4 Å². The Labute approximate surface area is 379 Å². The molecule has 0 aliphatic carbocycles. The minimum atomic E-state index is -2.09. The number of hydrogen-bond acceptors (Lipinski definition) is 7. The Kier molecular flexibility index (Phi) is 14.4. The fourth-order valence-electron chi connectivity index (χ4n) is 8.78. The maximum Gasteiger partial charge on any atom is 0.530 e. The molecule has 0 radical (unpaired) electrons. The molecule has 6 aromatic rings. The van der Waals surface area contributed by atoms with Crippen molar-refractivity contribution in [1.29, 1.82) is 0 Å².